The molecule has 4 heterocycles. The zero-order chi connectivity index (χ0) is 23.1. The van der Waals surface area contributed by atoms with Gasteiger partial charge in [-0.1, -0.05) is 6.07 Å². The summed E-state index contributed by atoms with van der Waals surface area (Å²) < 4.78 is 50.2. The van der Waals surface area contributed by atoms with Crippen molar-refractivity contribution in [3.8, 4) is 11.6 Å². The first-order valence-corrected chi connectivity index (χ1v) is 10.3. The van der Waals surface area contributed by atoms with Gasteiger partial charge in [-0.3, -0.25) is 0 Å². The number of hydrogen-bond donors (Lipinski definition) is 0. The highest BCUT2D eigenvalue weighted by molar-refractivity contribution is 5.65. The maximum atomic E-state index is 14.3. The Morgan fingerprint density at radius 2 is 1.91 bits per heavy atom. The third-order valence-electron chi connectivity index (χ3n) is 5.55. The lowest BCUT2D eigenvalue weighted by molar-refractivity contribution is 0.395. The number of fused-ring (bicyclic) bond motifs is 1. The molecule has 1 atom stereocenters. The second-order valence-corrected chi connectivity index (χ2v) is 7.68. The first-order valence-electron chi connectivity index (χ1n) is 10.3. The maximum Gasteiger partial charge on any atom is 0.238 e. The van der Waals surface area contributed by atoms with E-state index in [0.29, 0.717) is 36.2 Å². The molecule has 0 spiro atoms. The van der Waals surface area contributed by atoms with Gasteiger partial charge in [-0.15, -0.1) is 0 Å². The molecule has 0 bridgehead atoms. The van der Waals surface area contributed by atoms with E-state index in [9.17, 15) is 13.2 Å². The molecular weight excluding hydrogens is 433 g/mol. The fourth-order valence-corrected chi connectivity index (χ4v) is 3.95. The summed E-state index contributed by atoms with van der Waals surface area (Å²) in [5.41, 5.74) is 2.34. The molecule has 1 aromatic carbocycles. The molecule has 0 N–H and O–H groups in total. The van der Waals surface area contributed by atoms with Crippen LogP contribution in [0.5, 0.6) is 5.88 Å². The number of nitrogens with zero attached hydrogens (tertiary/aromatic N) is 6. The average molecular weight is 452 g/mol. The normalized spacial score (nSPS) is 15.4. The van der Waals surface area contributed by atoms with Gasteiger partial charge >= 0.3 is 0 Å². The van der Waals surface area contributed by atoms with E-state index in [4.69, 9.17) is 4.74 Å². The third-order valence-corrected chi connectivity index (χ3v) is 5.55. The Labute approximate surface area is 187 Å². The lowest BCUT2D eigenvalue weighted by atomic mass is 9.96. The van der Waals surface area contributed by atoms with E-state index < -0.39 is 23.4 Å². The fourth-order valence-electron chi connectivity index (χ4n) is 3.95. The van der Waals surface area contributed by atoms with Gasteiger partial charge in [0.15, 0.2) is 23.3 Å². The van der Waals surface area contributed by atoms with E-state index in [1.165, 1.54) is 6.07 Å². The van der Waals surface area contributed by atoms with Crippen LogP contribution in [-0.2, 0) is 6.54 Å². The van der Waals surface area contributed by atoms with Gasteiger partial charge in [-0.05, 0) is 43.7 Å². The number of aromatic nitrogens is 6. The van der Waals surface area contributed by atoms with Crippen molar-refractivity contribution < 1.29 is 17.9 Å². The zero-order valence-electron chi connectivity index (χ0n) is 17.8. The number of pyridine rings is 1. The Balaban J connectivity index is 1.40. The molecule has 3 aromatic heterocycles. The fraction of sp³-hybridized carbons (Fsp3) is 0.217. The van der Waals surface area contributed by atoms with E-state index in [2.05, 4.69) is 20.1 Å². The largest absolute Gasteiger partial charge is 0.479 e. The van der Waals surface area contributed by atoms with E-state index in [-0.39, 0.29) is 5.56 Å². The molecule has 33 heavy (non-hydrogen) atoms. The molecule has 4 aromatic rings. The maximum absolute atomic E-state index is 14.3. The Kier molecular flexibility index (Phi) is 5.20. The molecular formula is C23H19F3N6O. The van der Waals surface area contributed by atoms with Crippen LogP contribution < -0.4 is 4.74 Å². The van der Waals surface area contributed by atoms with Crippen LogP contribution in [0.3, 0.4) is 0 Å². The second-order valence-electron chi connectivity index (χ2n) is 7.68. The summed E-state index contributed by atoms with van der Waals surface area (Å²) in [5.74, 6) is -3.01. The zero-order valence-corrected chi connectivity index (χ0v) is 17.8. The highest BCUT2D eigenvalue weighted by Gasteiger charge is 2.31. The molecule has 10 heteroatoms. The minimum absolute atomic E-state index is 0.0762. The average Bonchev–Trinajstić information content (AvgIpc) is 3.52. The van der Waals surface area contributed by atoms with Crippen molar-refractivity contribution >= 4 is 12.2 Å². The van der Waals surface area contributed by atoms with Gasteiger partial charge < -0.3 is 9.30 Å². The number of aryl methyl sites for hydroxylation is 2. The number of rotatable bonds is 5. The first kappa shape index (κ1) is 20.9. The van der Waals surface area contributed by atoms with Gasteiger partial charge in [0.05, 0.1) is 24.8 Å². The van der Waals surface area contributed by atoms with Crippen LogP contribution >= 0.6 is 0 Å². The molecule has 0 saturated heterocycles. The monoisotopic (exact) mass is 452 g/mol. The van der Waals surface area contributed by atoms with Crippen molar-refractivity contribution in [3.63, 3.8) is 0 Å². The van der Waals surface area contributed by atoms with Crippen molar-refractivity contribution in [3.05, 3.63) is 82.8 Å². The van der Waals surface area contributed by atoms with Crippen molar-refractivity contribution in [1.82, 2.24) is 29.3 Å². The van der Waals surface area contributed by atoms with Crippen LogP contribution in [0, 0.1) is 24.4 Å². The Morgan fingerprint density at radius 1 is 1.06 bits per heavy atom. The highest BCUT2D eigenvalue weighted by atomic mass is 19.2. The van der Waals surface area contributed by atoms with E-state index in [0.717, 1.165) is 17.4 Å². The molecule has 7 nitrogen and oxygen atoms in total. The van der Waals surface area contributed by atoms with Gasteiger partial charge in [0.1, 0.15) is 11.5 Å². The highest BCUT2D eigenvalue weighted by Crippen LogP contribution is 2.35. The smallest absolute Gasteiger partial charge is 0.238 e. The molecule has 1 aliphatic rings. The topological polar surface area (TPSA) is 70.7 Å². The first-order chi connectivity index (χ1) is 15.9. The Bertz CT molecular complexity index is 1380. The van der Waals surface area contributed by atoms with E-state index >= 15 is 0 Å². The standard InChI is InChI=1S/C23H19F3N6O/c1-13-11-31(12-27-13)18-7-3-14(28-23(18)33-2)4-8-19-29-22-16(9-10-32(22)30-19)15-5-6-17(24)21(26)20(15)25/h3-8,11-12,16H,9-10H2,1-2H3/t16-/m1/s1. The second kappa shape index (κ2) is 8.19. The number of imidazole rings is 1. The summed E-state index contributed by atoms with van der Waals surface area (Å²) in [6.45, 7) is 2.40. The van der Waals surface area contributed by atoms with Crippen molar-refractivity contribution in [2.45, 2.75) is 25.8 Å². The van der Waals surface area contributed by atoms with Gasteiger partial charge in [-0.2, -0.15) is 5.10 Å². The van der Waals surface area contributed by atoms with Gasteiger partial charge in [-0.25, -0.2) is 32.8 Å². The van der Waals surface area contributed by atoms with Crippen molar-refractivity contribution in [1.29, 1.82) is 0 Å². The molecule has 0 saturated carbocycles. The molecule has 0 unspecified atom stereocenters. The summed E-state index contributed by atoms with van der Waals surface area (Å²) in [6, 6.07) is 5.89. The predicted octanol–water partition coefficient (Wildman–Crippen LogP) is 4.30. The Morgan fingerprint density at radius 3 is 2.67 bits per heavy atom. The predicted molar refractivity (Wildman–Crippen MR) is 114 cm³/mol. The lowest BCUT2D eigenvalue weighted by Gasteiger charge is -2.10. The lowest BCUT2D eigenvalue weighted by Crippen LogP contribution is -2.05. The van der Waals surface area contributed by atoms with Crippen LogP contribution in [0.2, 0.25) is 0 Å². The number of hydrogen-bond acceptors (Lipinski definition) is 5. The van der Waals surface area contributed by atoms with Crippen LogP contribution in [0.25, 0.3) is 17.8 Å². The van der Waals surface area contributed by atoms with E-state index in [1.807, 2.05) is 29.8 Å². The van der Waals surface area contributed by atoms with Gasteiger partial charge in [0, 0.05) is 24.2 Å². The molecule has 168 valence electrons. The van der Waals surface area contributed by atoms with Crippen molar-refractivity contribution in [2.24, 2.45) is 0 Å². The molecule has 0 amide bonds. The Hall–Kier alpha value is -3.95. The third kappa shape index (κ3) is 3.77. The summed E-state index contributed by atoms with van der Waals surface area (Å²) >= 11 is 0. The molecule has 0 aliphatic carbocycles. The van der Waals surface area contributed by atoms with Crippen molar-refractivity contribution in [2.75, 3.05) is 7.11 Å². The van der Waals surface area contributed by atoms with Crippen LogP contribution in [0.4, 0.5) is 13.2 Å². The molecule has 5 rings (SSSR count). The molecule has 0 radical (unpaired) electrons. The number of benzene rings is 1. The van der Waals surface area contributed by atoms with E-state index in [1.54, 1.807) is 30.3 Å². The quantitative estimate of drug-likeness (QED) is 0.423. The summed E-state index contributed by atoms with van der Waals surface area (Å²) in [5, 5.41) is 4.42. The number of methoxy groups -OCH3 is 1. The van der Waals surface area contributed by atoms with Crippen LogP contribution in [0.15, 0.2) is 36.8 Å². The molecule has 1 aliphatic heterocycles. The van der Waals surface area contributed by atoms with Gasteiger partial charge in [0.25, 0.3) is 0 Å². The van der Waals surface area contributed by atoms with Crippen LogP contribution in [0.1, 0.15) is 40.9 Å². The molecule has 0 fully saturated rings. The summed E-state index contributed by atoms with van der Waals surface area (Å²) in [6.07, 6.45) is 7.50. The summed E-state index contributed by atoms with van der Waals surface area (Å²) in [4.78, 5) is 13.2. The minimum atomic E-state index is -1.47. The summed E-state index contributed by atoms with van der Waals surface area (Å²) in [7, 11) is 1.54. The SMILES string of the molecule is COc1nc(C=Cc2nc3n(n2)CC[C@@H]3c2ccc(F)c(F)c2F)ccc1-n1cnc(C)c1. The van der Waals surface area contributed by atoms with Crippen LogP contribution in [-0.4, -0.2) is 36.4 Å². The number of ether oxygens (including phenoxy) is 1. The number of halogens is 3. The van der Waals surface area contributed by atoms with Gasteiger partial charge in [0.2, 0.25) is 5.88 Å². The minimum Gasteiger partial charge on any atom is -0.479 e.